The molecule has 0 amide bonds. The number of unbranched alkanes of at least 4 members (excludes halogenated alkanes) is 1. The lowest BCUT2D eigenvalue weighted by Gasteiger charge is -2.20. The van der Waals surface area contributed by atoms with Crippen LogP contribution in [0.1, 0.15) is 57.8 Å². The highest BCUT2D eigenvalue weighted by molar-refractivity contribution is 7.87. The van der Waals surface area contributed by atoms with Crippen molar-refractivity contribution >= 4 is 10.2 Å². The first-order valence-electron chi connectivity index (χ1n) is 8.05. The van der Waals surface area contributed by atoms with Gasteiger partial charge in [-0.2, -0.15) is 12.7 Å². The summed E-state index contributed by atoms with van der Waals surface area (Å²) in [6.45, 7) is 2.79. The Morgan fingerprint density at radius 1 is 1.05 bits per heavy atom. The number of nitrogens with zero attached hydrogens (tertiary/aromatic N) is 1. The van der Waals surface area contributed by atoms with Crippen LogP contribution in [-0.4, -0.2) is 45.1 Å². The molecule has 0 aromatic rings. The summed E-state index contributed by atoms with van der Waals surface area (Å²) >= 11 is 0. The summed E-state index contributed by atoms with van der Waals surface area (Å²) in [5.74, 6) is 0. The Morgan fingerprint density at radius 3 is 2.45 bits per heavy atom. The van der Waals surface area contributed by atoms with E-state index in [1.807, 2.05) is 0 Å². The second kappa shape index (κ2) is 8.32. The van der Waals surface area contributed by atoms with Gasteiger partial charge in [-0.15, -0.1) is 0 Å². The van der Waals surface area contributed by atoms with Crippen molar-refractivity contribution in [2.24, 2.45) is 0 Å². The highest BCUT2D eigenvalue weighted by Crippen LogP contribution is 2.17. The summed E-state index contributed by atoms with van der Waals surface area (Å²) in [7, 11) is -3.25. The van der Waals surface area contributed by atoms with Crippen LogP contribution in [0.3, 0.4) is 0 Å². The van der Waals surface area contributed by atoms with Gasteiger partial charge in [0.05, 0.1) is 6.10 Å². The first-order chi connectivity index (χ1) is 9.68. The SMILES string of the molecule is O=S(=O)(NCCCCC1CCCO1)N1CCCCCC1. The molecular weight excluding hydrogens is 276 g/mol. The maximum atomic E-state index is 12.1. The third-order valence-electron chi connectivity index (χ3n) is 4.17. The quantitative estimate of drug-likeness (QED) is 0.732. The molecule has 0 spiro atoms. The Hall–Kier alpha value is -0.170. The zero-order valence-corrected chi connectivity index (χ0v) is 13.2. The van der Waals surface area contributed by atoms with Gasteiger partial charge in [0.25, 0.3) is 10.2 Å². The molecule has 2 saturated heterocycles. The minimum Gasteiger partial charge on any atom is -0.378 e. The van der Waals surface area contributed by atoms with Crippen LogP contribution in [0.15, 0.2) is 0 Å². The predicted molar refractivity (Wildman–Crippen MR) is 79.8 cm³/mol. The highest BCUT2D eigenvalue weighted by Gasteiger charge is 2.22. The lowest BCUT2D eigenvalue weighted by Crippen LogP contribution is -2.41. The van der Waals surface area contributed by atoms with E-state index in [1.54, 1.807) is 4.31 Å². The minimum absolute atomic E-state index is 0.414. The van der Waals surface area contributed by atoms with Crippen molar-refractivity contribution in [1.82, 2.24) is 9.03 Å². The standard InChI is InChI=1S/C14H28N2O3S/c17-20(18,16-11-5-1-2-6-12-16)15-10-4-3-8-14-9-7-13-19-14/h14-15H,1-13H2. The number of hydrogen-bond acceptors (Lipinski definition) is 3. The number of nitrogens with one attached hydrogen (secondary N) is 1. The molecule has 0 aromatic carbocycles. The first kappa shape index (κ1) is 16.2. The summed E-state index contributed by atoms with van der Waals surface area (Å²) in [5.41, 5.74) is 0. The van der Waals surface area contributed by atoms with E-state index in [0.29, 0.717) is 25.7 Å². The monoisotopic (exact) mass is 304 g/mol. The molecule has 118 valence electrons. The highest BCUT2D eigenvalue weighted by atomic mass is 32.2. The van der Waals surface area contributed by atoms with Gasteiger partial charge < -0.3 is 4.74 Å². The van der Waals surface area contributed by atoms with Crippen LogP contribution in [0, 0.1) is 0 Å². The van der Waals surface area contributed by atoms with Gasteiger partial charge in [-0.3, -0.25) is 0 Å². The third-order valence-corrected chi connectivity index (χ3v) is 5.78. The molecule has 2 aliphatic rings. The van der Waals surface area contributed by atoms with E-state index in [-0.39, 0.29) is 0 Å². The summed E-state index contributed by atoms with van der Waals surface area (Å²) in [4.78, 5) is 0. The second-order valence-electron chi connectivity index (χ2n) is 5.84. The van der Waals surface area contributed by atoms with Gasteiger partial charge in [-0.25, -0.2) is 4.72 Å². The van der Waals surface area contributed by atoms with E-state index < -0.39 is 10.2 Å². The minimum atomic E-state index is -3.25. The van der Waals surface area contributed by atoms with Crippen molar-refractivity contribution < 1.29 is 13.2 Å². The van der Waals surface area contributed by atoms with Gasteiger partial charge in [0.15, 0.2) is 0 Å². The van der Waals surface area contributed by atoms with Gasteiger partial charge >= 0.3 is 0 Å². The zero-order chi connectivity index (χ0) is 14.3. The Labute approximate surface area is 123 Å². The predicted octanol–water partition coefficient (Wildman–Crippen LogP) is 2.05. The molecule has 1 unspecified atom stereocenters. The van der Waals surface area contributed by atoms with E-state index in [2.05, 4.69) is 4.72 Å². The lowest BCUT2D eigenvalue weighted by molar-refractivity contribution is 0.102. The molecule has 0 radical (unpaired) electrons. The smallest absolute Gasteiger partial charge is 0.279 e. The molecule has 0 aromatic heterocycles. The lowest BCUT2D eigenvalue weighted by atomic mass is 10.1. The van der Waals surface area contributed by atoms with Crippen LogP contribution in [0.4, 0.5) is 0 Å². The maximum Gasteiger partial charge on any atom is 0.279 e. The Balaban J connectivity index is 1.61. The molecular formula is C14H28N2O3S. The second-order valence-corrected chi connectivity index (χ2v) is 7.60. The molecule has 2 fully saturated rings. The molecule has 6 heteroatoms. The van der Waals surface area contributed by atoms with Crippen LogP contribution in [-0.2, 0) is 14.9 Å². The molecule has 0 bridgehead atoms. The maximum absolute atomic E-state index is 12.1. The largest absolute Gasteiger partial charge is 0.378 e. The van der Waals surface area contributed by atoms with Gasteiger partial charge in [-0.1, -0.05) is 12.8 Å². The van der Waals surface area contributed by atoms with E-state index in [0.717, 1.165) is 51.6 Å². The van der Waals surface area contributed by atoms with Crippen LogP contribution in [0.25, 0.3) is 0 Å². The Morgan fingerprint density at radius 2 is 1.80 bits per heavy atom. The van der Waals surface area contributed by atoms with Crippen LogP contribution < -0.4 is 4.72 Å². The van der Waals surface area contributed by atoms with E-state index in [1.165, 1.54) is 12.8 Å². The molecule has 1 atom stereocenters. The molecule has 0 saturated carbocycles. The topological polar surface area (TPSA) is 58.6 Å². The fraction of sp³-hybridized carbons (Fsp3) is 1.00. The van der Waals surface area contributed by atoms with Crippen molar-refractivity contribution in [2.45, 2.75) is 63.9 Å². The number of ether oxygens (including phenoxy) is 1. The molecule has 1 N–H and O–H groups in total. The fourth-order valence-electron chi connectivity index (χ4n) is 2.94. The summed E-state index contributed by atoms with van der Waals surface area (Å²) in [5, 5.41) is 0. The van der Waals surface area contributed by atoms with Crippen LogP contribution in [0.2, 0.25) is 0 Å². The van der Waals surface area contributed by atoms with Crippen LogP contribution in [0.5, 0.6) is 0 Å². The Bertz CT molecular complexity index is 359. The van der Waals surface area contributed by atoms with Crippen molar-refractivity contribution in [3.8, 4) is 0 Å². The Kier molecular flexibility index (Phi) is 6.74. The van der Waals surface area contributed by atoms with Gasteiger partial charge in [0.2, 0.25) is 0 Å². The van der Waals surface area contributed by atoms with E-state index in [4.69, 9.17) is 4.74 Å². The van der Waals surface area contributed by atoms with E-state index >= 15 is 0 Å². The summed E-state index contributed by atoms with van der Waals surface area (Å²) in [6.07, 6.45) is 10.0. The van der Waals surface area contributed by atoms with Crippen molar-refractivity contribution in [2.75, 3.05) is 26.2 Å². The summed E-state index contributed by atoms with van der Waals surface area (Å²) < 4.78 is 34.2. The van der Waals surface area contributed by atoms with Crippen molar-refractivity contribution in [3.63, 3.8) is 0 Å². The number of hydrogen-bond donors (Lipinski definition) is 1. The molecule has 2 heterocycles. The molecule has 0 aliphatic carbocycles. The van der Waals surface area contributed by atoms with Gasteiger partial charge in [-0.05, 0) is 44.9 Å². The molecule has 5 nitrogen and oxygen atoms in total. The fourth-order valence-corrected chi connectivity index (χ4v) is 4.27. The average Bonchev–Trinajstić information content (AvgIpc) is 2.77. The molecule has 2 rings (SSSR count). The van der Waals surface area contributed by atoms with Crippen LogP contribution >= 0.6 is 0 Å². The van der Waals surface area contributed by atoms with Gasteiger partial charge in [0.1, 0.15) is 0 Å². The zero-order valence-electron chi connectivity index (χ0n) is 12.3. The van der Waals surface area contributed by atoms with Crippen molar-refractivity contribution in [1.29, 1.82) is 0 Å². The average molecular weight is 304 g/mol. The summed E-state index contributed by atoms with van der Waals surface area (Å²) in [6, 6.07) is 0. The van der Waals surface area contributed by atoms with Gasteiger partial charge in [0, 0.05) is 26.2 Å². The normalized spacial score (nSPS) is 25.7. The third kappa shape index (κ3) is 5.31. The van der Waals surface area contributed by atoms with E-state index in [9.17, 15) is 8.42 Å². The first-order valence-corrected chi connectivity index (χ1v) is 9.49. The van der Waals surface area contributed by atoms with Crippen molar-refractivity contribution in [3.05, 3.63) is 0 Å². The molecule has 2 aliphatic heterocycles. The number of rotatable bonds is 7. The molecule has 20 heavy (non-hydrogen) atoms.